The Morgan fingerprint density at radius 3 is 2.79 bits per heavy atom. The summed E-state index contributed by atoms with van der Waals surface area (Å²) in [7, 11) is 0. The quantitative estimate of drug-likeness (QED) is 0.838. The van der Waals surface area contributed by atoms with Crippen LogP contribution in [0, 0.1) is 0 Å². The van der Waals surface area contributed by atoms with Crippen molar-refractivity contribution in [1.82, 2.24) is 4.90 Å². The van der Waals surface area contributed by atoms with Crippen LogP contribution < -0.4 is 0 Å². The predicted molar refractivity (Wildman–Crippen MR) is 72.8 cm³/mol. The van der Waals surface area contributed by atoms with Crippen LogP contribution in [0.2, 0.25) is 0 Å². The molecular formula is C15H21NO3. The zero-order chi connectivity index (χ0) is 13.7. The third-order valence-electron chi connectivity index (χ3n) is 3.07. The minimum absolute atomic E-state index is 0.143. The maximum atomic E-state index is 11.9. The number of hydrogen-bond donors (Lipinski definition) is 0. The number of benzene rings is 1. The Hall–Kier alpha value is -1.55. The summed E-state index contributed by atoms with van der Waals surface area (Å²) in [4.78, 5) is 13.6. The number of rotatable bonds is 4. The minimum atomic E-state index is -0.251. The molecule has 1 aromatic carbocycles. The van der Waals surface area contributed by atoms with Crippen molar-refractivity contribution >= 4 is 6.09 Å². The third-order valence-corrected chi connectivity index (χ3v) is 3.07. The first-order valence-corrected chi connectivity index (χ1v) is 6.76. The molecule has 1 amide bonds. The van der Waals surface area contributed by atoms with Crippen LogP contribution in [0.1, 0.15) is 25.8 Å². The second-order valence-corrected chi connectivity index (χ2v) is 5.08. The topological polar surface area (TPSA) is 38.8 Å². The number of ether oxygens (including phenoxy) is 2. The monoisotopic (exact) mass is 263 g/mol. The zero-order valence-electron chi connectivity index (χ0n) is 11.5. The van der Waals surface area contributed by atoms with Gasteiger partial charge in [0.05, 0.1) is 18.8 Å². The first-order chi connectivity index (χ1) is 9.15. The Labute approximate surface area is 114 Å². The van der Waals surface area contributed by atoms with E-state index in [1.807, 2.05) is 44.2 Å². The van der Waals surface area contributed by atoms with Crippen molar-refractivity contribution in [2.24, 2.45) is 0 Å². The van der Waals surface area contributed by atoms with Gasteiger partial charge in [-0.15, -0.1) is 0 Å². The van der Waals surface area contributed by atoms with Gasteiger partial charge in [0.15, 0.2) is 0 Å². The zero-order valence-corrected chi connectivity index (χ0v) is 11.5. The van der Waals surface area contributed by atoms with Crippen molar-refractivity contribution in [3.63, 3.8) is 0 Å². The maximum absolute atomic E-state index is 11.9. The van der Waals surface area contributed by atoms with Gasteiger partial charge in [-0.25, -0.2) is 4.79 Å². The molecule has 4 nitrogen and oxygen atoms in total. The van der Waals surface area contributed by atoms with Crippen LogP contribution >= 0.6 is 0 Å². The molecule has 1 aliphatic heterocycles. The predicted octanol–water partition coefficient (Wildman–Crippen LogP) is 2.82. The Bertz CT molecular complexity index is 405. The van der Waals surface area contributed by atoms with Crippen molar-refractivity contribution in [3.05, 3.63) is 35.9 Å². The third kappa shape index (κ3) is 4.24. The largest absolute Gasteiger partial charge is 0.445 e. The molecule has 1 fully saturated rings. The van der Waals surface area contributed by atoms with E-state index < -0.39 is 0 Å². The van der Waals surface area contributed by atoms with E-state index in [0.29, 0.717) is 19.7 Å². The number of amides is 1. The van der Waals surface area contributed by atoms with Crippen LogP contribution in [0.25, 0.3) is 0 Å². The molecule has 0 aliphatic carbocycles. The summed E-state index contributed by atoms with van der Waals surface area (Å²) in [5.74, 6) is 0. The average molecular weight is 263 g/mol. The van der Waals surface area contributed by atoms with Gasteiger partial charge in [0.1, 0.15) is 6.61 Å². The minimum Gasteiger partial charge on any atom is -0.445 e. The van der Waals surface area contributed by atoms with E-state index in [4.69, 9.17) is 9.47 Å². The molecule has 4 heteroatoms. The fourth-order valence-electron chi connectivity index (χ4n) is 2.20. The van der Waals surface area contributed by atoms with E-state index in [-0.39, 0.29) is 18.3 Å². The van der Waals surface area contributed by atoms with Gasteiger partial charge in [-0.05, 0) is 25.8 Å². The van der Waals surface area contributed by atoms with E-state index >= 15 is 0 Å². The Balaban J connectivity index is 1.75. The highest BCUT2D eigenvalue weighted by atomic mass is 16.6. The molecule has 1 saturated heterocycles. The molecule has 19 heavy (non-hydrogen) atoms. The van der Waals surface area contributed by atoms with Crippen LogP contribution in [-0.4, -0.2) is 36.3 Å². The molecule has 0 spiro atoms. The van der Waals surface area contributed by atoms with E-state index in [1.54, 1.807) is 4.90 Å². The highest BCUT2D eigenvalue weighted by Gasteiger charge is 2.28. The highest BCUT2D eigenvalue weighted by molar-refractivity contribution is 5.68. The Morgan fingerprint density at radius 1 is 1.37 bits per heavy atom. The lowest BCUT2D eigenvalue weighted by Crippen LogP contribution is -2.31. The van der Waals surface area contributed by atoms with Gasteiger partial charge in [-0.2, -0.15) is 0 Å². The first kappa shape index (κ1) is 13.9. The number of hydrogen-bond acceptors (Lipinski definition) is 3. The molecule has 0 aromatic heterocycles. The van der Waals surface area contributed by atoms with Gasteiger partial charge in [0.2, 0.25) is 0 Å². The molecule has 0 N–H and O–H groups in total. The summed E-state index contributed by atoms with van der Waals surface area (Å²) < 4.78 is 11.0. The number of nitrogens with zero attached hydrogens (tertiary/aromatic N) is 1. The summed E-state index contributed by atoms with van der Waals surface area (Å²) in [5, 5.41) is 0. The summed E-state index contributed by atoms with van der Waals surface area (Å²) >= 11 is 0. The number of likely N-dealkylation sites (tertiary alicyclic amines) is 1. The van der Waals surface area contributed by atoms with Gasteiger partial charge in [-0.1, -0.05) is 30.3 Å². The van der Waals surface area contributed by atoms with Crippen LogP contribution in [0.5, 0.6) is 0 Å². The smallest absolute Gasteiger partial charge is 0.410 e. The van der Waals surface area contributed by atoms with E-state index in [0.717, 1.165) is 12.0 Å². The Morgan fingerprint density at radius 2 is 2.11 bits per heavy atom. The highest BCUT2D eigenvalue weighted by Crippen LogP contribution is 2.15. The van der Waals surface area contributed by atoms with Crippen molar-refractivity contribution < 1.29 is 14.3 Å². The molecule has 0 bridgehead atoms. The SMILES string of the molecule is CC(C)OC1CCN(C(=O)OCc2ccccc2)C1. The summed E-state index contributed by atoms with van der Waals surface area (Å²) in [5.41, 5.74) is 1.00. The lowest BCUT2D eigenvalue weighted by molar-refractivity contribution is 0.0129. The molecule has 1 heterocycles. The number of carbonyl (C=O) groups excluding carboxylic acids is 1. The van der Waals surface area contributed by atoms with Crippen molar-refractivity contribution in [1.29, 1.82) is 0 Å². The average Bonchev–Trinajstić information content (AvgIpc) is 2.85. The van der Waals surface area contributed by atoms with Crippen LogP contribution in [-0.2, 0) is 16.1 Å². The lowest BCUT2D eigenvalue weighted by Gasteiger charge is -2.17. The second kappa shape index (κ2) is 6.57. The van der Waals surface area contributed by atoms with E-state index in [2.05, 4.69) is 0 Å². The van der Waals surface area contributed by atoms with Crippen LogP contribution in [0.3, 0.4) is 0 Å². The van der Waals surface area contributed by atoms with Crippen molar-refractivity contribution in [2.75, 3.05) is 13.1 Å². The fraction of sp³-hybridized carbons (Fsp3) is 0.533. The van der Waals surface area contributed by atoms with Gasteiger partial charge in [-0.3, -0.25) is 0 Å². The summed E-state index contributed by atoms with van der Waals surface area (Å²) in [6.07, 6.45) is 0.979. The normalized spacial score (nSPS) is 18.9. The maximum Gasteiger partial charge on any atom is 0.410 e. The van der Waals surface area contributed by atoms with Crippen molar-refractivity contribution in [3.8, 4) is 0 Å². The molecular weight excluding hydrogens is 242 g/mol. The molecule has 0 saturated carbocycles. The van der Waals surface area contributed by atoms with E-state index in [9.17, 15) is 4.79 Å². The number of carbonyl (C=O) groups is 1. The first-order valence-electron chi connectivity index (χ1n) is 6.76. The van der Waals surface area contributed by atoms with Gasteiger partial charge in [0.25, 0.3) is 0 Å². The van der Waals surface area contributed by atoms with Crippen molar-refractivity contribution in [2.45, 2.75) is 39.1 Å². The molecule has 104 valence electrons. The molecule has 0 radical (unpaired) electrons. The second-order valence-electron chi connectivity index (χ2n) is 5.08. The van der Waals surface area contributed by atoms with Gasteiger partial charge >= 0.3 is 6.09 Å². The standard InChI is InChI=1S/C15H21NO3/c1-12(2)19-14-8-9-16(10-14)15(17)18-11-13-6-4-3-5-7-13/h3-7,12,14H,8-11H2,1-2H3. The summed E-state index contributed by atoms with van der Waals surface area (Å²) in [6.45, 7) is 5.69. The fourth-order valence-corrected chi connectivity index (χ4v) is 2.20. The molecule has 1 unspecified atom stereocenters. The van der Waals surface area contributed by atoms with Crippen LogP contribution in [0.15, 0.2) is 30.3 Å². The molecule has 2 rings (SSSR count). The molecule has 1 aromatic rings. The Kier molecular flexibility index (Phi) is 4.80. The van der Waals surface area contributed by atoms with Gasteiger partial charge < -0.3 is 14.4 Å². The van der Waals surface area contributed by atoms with Gasteiger partial charge in [0, 0.05) is 6.54 Å². The van der Waals surface area contributed by atoms with E-state index in [1.165, 1.54) is 0 Å². The molecule has 1 atom stereocenters. The molecule has 1 aliphatic rings. The summed E-state index contributed by atoms with van der Waals surface area (Å²) in [6, 6.07) is 9.71. The lowest BCUT2D eigenvalue weighted by atomic mass is 10.2. The van der Waals surface area contributed by atoms with Crippen LogP contribution in [0.4, 0.5) is 4.79 Å².